The molecule has 0 saturated carbocycles. The largest absolute Gasteiger partial charge is 0.345 e. The minimum Gasteiger partial charge on any atom is -0.345 e. The van der Waals surface area contributed by atoms with Gasteiger partial charge in [0.05, 0.1) is 17.4 Å². The molecule has 0 saturated heterocycles. The molecule has 5 nitrogen and oxygen atoms in total. The van der Waals surface area contributed by atoms with Crippen LogP contribution in [0, 0.1) is 6.92 Å². The summed E-state index contributed by atoms with van der Waals surface area (Å²) in [5.74, 6) is 1.44. The molecule has 0 aliphatic rings. The lowest BCUT2D eigenvalue weighted by Crippen LogP contribution is -2.27. The lowest BCUT2D eigenvalue weighted by Gasteiger charge is -2.17. The molecule has 27 heavy (non-hydrogen) atoms. The molecule has 1 atom stereocenters. The summed E-state index contributed by atoms with van der Waals surface area (Å²) in [6.45, 7) is 3.62. The monoisotopic (exact) mass is 421 g/mol. The van der Waals surface area contributed by atoms with Gasteiger partial charge in [-0.15, -0.1) is 11.8 Å². The van der Waals surface area contributed by atoms with E-state index in [4.69, 9.17) is 27.7 Å². The minimum absolute atomic E-state index is 0.180. The first-order chi connectivity index (χ1) is 12.9. The van der Waals surface area contributed by atoms with Crippen molar-refractivity contribution in [2.75, 3.05) is 0 Å². The van der Waals surface area contributed by atoms with E-state index in [2.05, 4.69) is 15.5 Å². The molecule has 1 amide bonds. The van der Waals surface area contributed by atoms with Crippen molar-refractivity contribution in [2.45, 2.75) is 30.5 Å². The number of nitrogens with one attached hydrogen (secondary N) is 1. The highest BCUT2D eigenvalue weighted by molar-refractivity contribution is 7.98. The number of hydrogen-bond acceptors (Lipinski definition) is 5. The summed E-state index contributed by atoms with van der Waals surface area (Å²) in [4.78, 5) is 17.8. The van der Waals surface area contributed by atoms with Crippen molar-refractivity contribution in [2.24, 2.45) is 0 Å². The van der Waals surface area contributed by atoms with Gasteiger partial charge in [0.25, 0.3) is 5.91 Å². The van der Waals surface area contributed by atoms with Crippen LogP contribution in [0.1, 0.15) is 40.6 Å². The van der Waals surface area contributed by atoms with E-state index in [9.17, 15) is 4.79 Å². The van der Waals surface area contributed by atoms with Crippen LogP contribution in [0.4, 0.5) is 0 Å². The topological polar surface area (TPSA) is 68.0 Å². The van der Waals surface area contributed by atoms with Gasteiger partial charge in [-0.05, 0) is 36.8 Å². The number of nitrogens with zero attached hydrogens (tertiary/aromatic N) is 2. The third-order valence-corrected chi connectivity index (χ3v) is 5.47. The Morgan fingerprint density at radius 1 is 1.26 bits per heavy atom. The number of carbonyl (C=O) groups excluding carboxylic acids is 1. The van der Waals surface area contributed by atoms with Gasteiger partial charge >= 0.3 is 0 Å². The Morgan fingerprint density at radius 2 is 2.04 bits per heavy atom. The smallest absolute Gasteiger partial charge is 0.252 e. The van der Waals surface area contributed by atoms with Crippen molar-refractivity contribution in [1.82, 2.24) is 15.5 Å². The first-order valence-electron chi connectivity index (χ1n) is 8.21. The Hall–Kier alpha value is -2.02. The number of aromatic nitrogens is 2. The Bertz CT molecular complexity index is 962. The quantitative estimate of drug-likeness (QED) is 0.534. The number of benzene rings is 2. The molecule has 2 aromatic carbocycles. The van der Waals surface area contributed by atoms with E-state index >= 15 is 0 Å². The van der Waals surface area contributed by atoms with Crippen LogP contribution in [0.2, 0.25) is 10.0 Å². The fraction of sp³-hybridized carbons (Fsp3) is 0.211. The molecule has 0 unspecified atom stereocenters. The maximum absolute atomic E-state index is 12.8. The van der Waals surface area contributed by atoms with E-state index < -0.39 is 0 Å². The van der Waals surface area contributed by atoms with Crippen molar-refractivity contribution in [3.63, 3.8) is 0 Å². The highest BCUT2D eigenvalue weighted by Crippen LogP contribution is 2.28. The van der Waals surface area contributed by atoms with Gasteiger partial charge in [0.2, 0.25) is 5.89 Å². The van der Waals surface area contributed by atoms with Crippen LogP contribution in [0.25, 0.3) is 0 Å². The van der Waals surface area contributed by atoms with Crippen LogP contribution in [0.3, 0.4) is 0 Å². The van der Waals surface area contributed by atoms with E-state index in [0.717, 1.165) is 10.5 Å². The zero-order chi connectivity index (χ0) is 19.4. The average Bonchev–Trinajstić information content (AvgIpc) is 3.05. The molecule has 140 valence electrons. The van der Waals surface area contributed by atoms with Crippen molar-refractivity contribution in [1.29, 1.82) is 0 Å². The van der Waals surface area contributed by atoms with Crippen LogP contribution in [0.5, 0.6) is 0 Å². The molecule has 0 fully saturated rings. The maximum Gasteiger partial charge on any atom is 0.252 e. The highest BCUT2D eigenvalue weighted by Gasteiger charge is 2.17. The molecule has 0 bridgehead atoms. The molecule has 8 heteroatoms. The van der Waals surface area contributed by atoms with E-state index in [1.54, 1.807) is 25.1 Å². The zero-order valence-electron chi connectivity index (χ0n) is 14.7. The molecular weight excluding hydrogens is 405 g/mol. The summed E-state index contributed by atoms with van der Waals surface area (Å²) < 4.78 is 4.98. The summed E-state index contributed by atoms with van der Waals surface area (Å²) in [7, 11) is 0. The van der Waals surface area contributed by atoms with Gasteiger partial charge in [0.15, 0.2) is 5.82 Å². The van der Waals surface area contributed by atoms with Crippen molar-refractivity contribution in [3.05, 3.63) is 75.4 Å². The van der Waals surface area contributed by atoms with Crippen molar-refractivity contribution >= 4 is 40.9 Å². The number of halogens is 2. The van der Waals surface area contributed by atoms with E-state index in [1.165, 1.54) is 11.8 Å². The molecule has 1 aromatic heterocycles. The Kier molecular flexibility index (Phi) is 6.42. The first-order valence-corrected chi connectivity index (χ1v) is 9.95. The summed E-state index contributed by atoms with van der Waals surface area (Å²) in [5, 5.41) is 7.94. The van der Waals surface area contributed by atoms with Crippen LogP contribution >= 0.6 is 35.0 Å². The van der Waals surface area contributed by atoms with Gasteiger partial charge in [-0.2, -0.15) is 4.98 Å². The van der Waals surface area contributed by atoms with Crippen LogP contribution in [-0.4, -0.2) is 16.0 Å². The third kappa shape index (κ3) is 5.03. The van der Waals surface area contributed by atoms with Crippen molar-refractivity contribution < 1.29 is 9.32 Å². The van der Waals surface area contributed by atoms with Crippen LogP contribution in [-0.2, 0) is 5.75 Å². The Labute approximate surface area is 171 Å². The Morgan fingerprint density at radius 3 is 2.74 bits per heavy atom. The second-order valence-corrected chi connectivity index (χ2v) is 7.74. The average molecular weight is 422 g/mol. The fourth-order valence-corrected chi connectivity index (χ4v) is 3.99. The number of amides is 1. The highest BCUT2D eigenvalue weighted by atomic mass is 35.5. The molecule has 0 radical (unpaired) electrons. The van der Waals surface area contributed by atoms with Crippen LogP contribution in [0.15, 0.2) is 51.9 Å². The molecule has 0 aliphatic carbocycles. The number of thioether (sulfide) groups is 1. The standard InChI is InChI=1S/C19H17Cl2N3O2S/c1-11(14-8-7-13(20)9-16(14)21)22-19(25)15-5-3-4-6-17(15)27-10-18-23-12(2)26-24-18/h3-9,11H,10H2,1-2H3,(H,22,25)/t11-/m0/s1. The fourth-order valence-electron chi connectivity index (χ4n) is 2.53. The van der Waals surface area contributed by atoms with Gasteiger partial charge in [0.1, 0.15) is 0 Å². The number of carbonyl (C=O) groups is 1. The van der Waals surface area contributed by atoms with Gasteiger partial charge in [0, 0.05) is 21.9 Å². The number of hydrogen-bond donors (Lipinski definition) is 1. The van der Waals surface area contributed by atoms with E-state index in [-0.39, 0.29) is 11.9 Å². The van der Waals surface area contributed by atoms with Crippen LogP contribution < -0.4 is 5.32 Å². The van der Waals surface area contributed by atoms with E-state index in [0.29, 0.717) is 33.1 Å². The second-order valence-electron chi connectivity index (χ2n) is 5.88. The van der Waals surface area contributed by atoms with E-state index in [1.807, 2.05) is 31.2 Å². The second kappa shape index (κ2) is 8.78. The molecule has 1 N–H and O–H groups in total. The Balaban J connectivity index is 1.72. The van der Waals surface area contributed by atoms with Gasteiger partial charge in [-0.1, -0.05) is 46.6 Å². The molecule has 0 aliphatic heterocycles. The molecule has 1 heterocycles. The minimum atomic E-state index is -0.264. The lowest BCUT2D eigenvalue weighted by molar-refractivity contribution is 0.0937. The summed E-state index contributed by atoms with van der Waals surface area (Å²) in [6.07, 6.45) is 0. The number of aryl methyl sites for hydroxylation is 1. The van der Waals surface area contributed by atoms with Gasteiger partial charge in [-0.25, -0.2) is 0 Å². The summed E-state index contributed by atoms with van der Waals surface area (Å²) >= 11 is 13.7. The normalized spacial score (nSPS) is 12.0. The predicted molar refractivity (Wildman–Crippen MR) is 107 cm³/mol. The zero-order valence-corrected chi connectivity index (χ0v) is 17.0. The number of rotatable bonds is 6. The van der Waals surface area contributed by atoms with Gasteiger partial charge in [-0.3, -0.25) is 4.79 Å². The van der Waals surface area contributed by atoms with Gasteiger partial charge < -0.3 is 9.84 Å². The summed E-state index contributed by atoms with van der Waals surface area (Å²) in [5.41, 5.74) is 1.39. The maximum atomic E-state index is 12.8. The predicted octanol–water partition coefficient (Wildman–Crippen LogP) is 5.47. The molecule has 0 spiro atoms. The first kappa shape index (κ1) is 19.7. The molecule has 3 rings (SSSR count). The summed E-state index contributed by atoms with van der Waals surface area (Å²) in [6, 6.07) is 12.4. The SMILES string of the molecule is Cc1nc(CSc2ccccc2C(=O)N[C@@H](C)c2ccc(Cl)cc2Cl)no1. The lowest BCUT2D eigenvalue weighted by atomic mass is 10.1. The molecule has 3 aromatic rings. The third-order valence-electron chi connectivity index (χ3n) is 3.83. The van der Waals surface area contributed by atoms with Crippen molar-refractivity contribution in [3.8, 4) is 0 Å². The molecular formula is C19H17Cl2N3O2S.